The van der Waals surface area contributed by atoms with E-state index in [0.29, 0.717) is 24.3 Å². The lowest BCUT2D eigenvalue weighted by Gasteiger charge is -2.05. The van der Waals surface area contributed by atoms with Crippen molar-refractivity contribution in [1.29, 1.82) is 10.8 Å². The Morgan fingerprint density at radius 2 is 2.09 bits per heavy atom. The summed E-state index contributed by atoms with van der Waals surface area (Å²) in [4.78, 5) is 0. The predicted molar refractivity (Wildman–Crippen MR) is 46.4 cm³/mol. The number of hydrogen-bond donors (Lipinski definition) is 2. The molecule has 1 aliphatic carbocycles. The van der Waals surface area contributed by atoms with Crippen molar-refractivity contribution in [2.45, 2.75) is 31.9 Å². The molecule has 4 heteroatoms. The Hall–Kier alpha value is -0.380. The largest absolute Gasteiger partial charge is 0.298 e. The summed E-state index contributed by atoms with van der Waals surface area (Å²) in [5, 5.41) is 14.9. The molecule has 2 nitrogen and oxygen atoms in total. The molecule has 62 valence electrons. The van der Waals surface area contributed by atoms with E-state index in [-0.39, 0.29) is 5.04 Å². The molecule has 1 aliphatic rings. The lowest BCUT2D eigenvalue weighted by molar-refractivity contribution is 0.410. The maximum atomic E-state index is 13.0. The second kappa shape index (κ2) is 2.93. The van der Waals surface area contributed by atoms with Gasteiger partial charge in [0.05, 0.1) is 5.04 Å². The second-order valence-corrected chi connectivity index (χ2v) is 3.78. The number of rotatable bonds is 2. The third-order valence-electron chi connectivity index (χ3n) is 1.64. The van der Waals surface area contributed by atoms with Crippen LogP contribution in [0.4, 0.5) is 4.39 Å². The molecule has 0 aromatic carbocycles. The van der Waals surface area contributed by atoms with E-state index in [9.17, 15) is 4.39 Å². The van der Waals surface area contributed by atoms with Crippen LogP contribution in [0.2, 0.25) is 0 Å². The van der Waals surface area contributed by atoms with Gasteiger partial charge in [0.1, 0.15) is 5.04 Å². The Morgan fingerprint density at radius 1 is 1.55 bits per heavy atom. The van der Waals surface area contributed by atoms with E-state index < -0.39 is 5.67 Å². The average Bonchev–Trinajstić information content (AvgIpc) is 2.69. The van der Waals surface area contributed by atoms with Crippen LogP contribution in [0.1, 0.15) is 26.2 Å². The average molecular weight is 174 g/mol. The van der Waals surface area contributed by atoms with Crippen molar-refractivity contribution >= 4 is 21.8 Å². The first-order chi connectivity index (χ1) is 5.08. The molecule has 0 saturated heterocycles. The molecule has 1 saturated carbocycles. The van der Waals surface area contributed by atoms with Gasteiger partial charge in [0.15, 0.2) is 5.67 Å². The van der Waals surface area contributed by atoms with Crippen molar-refractivity contribution in [2.24, 2.45) is 0 Å². The fourth-order valence-electron chi connectivity index (χ4n) is 0.624. The normalized spacial score (nSPS) is 19.5. The number of hydrogen-bond acceptors (Lipinski definition) is 3. The molecule has 0 bridgehead atoms. The standard InChI is InChI=1S/C7H11FN2S/c1-2-5(9)11-6(10)7(8)3-4-7/h9-10H,2-4H2,1H3. The van der Waals surface area contributed by atoms with Crippen molar-refractivity contribution in [1.82, 2.24) is 0 Å². The molecule has 1 rings (SSSR count). The number of halogens is 1. The minimum atomic E-state index is -1.36. The van der Waals surface area contributed by atoms with Crippen molar-refractivity contribution in [3.8, 4) is 0 Å². The van der Waals surface area contributed by atoms with Crippen LogP contribution >= 0.6 is 11.8 Å². The van der Waals surface area contributed by atoms with Gasteiger partial charge in [-0.05, 0) is 19.3 Å². The molecule has 0 heterocycles. The molecule has 0 aromatic rings. The van der Waals surface area contributed by atoms with Gasteiger partial charge in [-0.25, -0.2) is 4.39 Å². The van der Waals surface area contributed by atoms with Crippen LogP contribution in [0, 0.1) is 10.8 Å². The van der Waals surface area contributed by atoms with Crippen molar-refractivity contribution in [3.05, 3.63) is 0 Å². The highest BCUT2D eigenvalue weighted by Gasteiger charge is 2.48. The molecule has 0 unspecified atom stereocenters. The molecule has 0 spiro atoms. The van der Waals surface area contributed by atoms with Gasteiger partial charge < -0.3 is 0 Å². The maximum Gasteiger partial charge on any atom is 0.158 e. The molecule has 1 fully saturated rings. The summed E-state index contributed by atoms with van der Waals surface area (Å²) in [5.74, 6) is 0. The van der Waals surface area contributed by atoms with Gasteiger partial charge in [-0.2, -0.15) is 0 Å². The summed E-state index contributed by atoms with van der Waals surface area (Å²) in [7, 11) is 0. The highest BCUT2D eigenvalue weighted by Crippen LogP contribution is 2.43. The fourth-order valence-corrected chi connectivity index (χ4v) is 1.40. The van der Waals surface area contributed by atoms with Gasteiger partial charge in [-0.1, -0.05) is 18.7 Å². The van der Waals surface area contributed by atoms with E-state index in [1.54, 1.807) is 0 Å². The molecular formula is C7H11FN2S. The monoisotopic (exact) mass is 174 g/mol. The summed E-state index contributed by atoms with van der Waals surface area (Å²) < 4.78 is 13.0. The predicted octanol–water partition coefficient (Wildman–Crippen LogP) is 2.59. The summed E-state index contributed by atoms with van der Waals surface area (Å²) >= 11 is 0.961. The summed E-state index contributed by atoms with van der Waals surface area (Å²) in [6.07, 6.45) is 1.52. The first-order valence-corrected chi connectivity index (χ1v) is 4.43. The fraction of sp³-hybridized carbons (Fsp3) is 0.714. The highest BCUT2D eigenvalue weighted by atomic mass is 32.2. The summed E-state index contributed by atoms with van der Waals surface area (Å²) in [5.41, 5.74) is -1.36. The third kappa shape index (κ3) is 2.02. The van der Waals surface area contributed by atoms with Crippen LogP contribution in [0.3, 0.4) is 0 Å². The first kappa shape index (κ1) is 8.71. The lowest BCUT2D eigenvalue weighted by atomic mass is 10.4. The van der Waals surface area contributed by atoms with Crippen molar-refractivity contribution < 1.29 is 4.39 Å². The van der Waals surface area contributed by atoms with Crippen LogP contribution in [0.25, 0.3) is 0 Å². The molecule has 0 atom stereocenters. The highest BCUT2D eigenvalue weighted by molar-refractivity contribution is 8.26. The van der Waals surface area contributed by atoms with Gasteiger partial charge in [0, 0.05) is 0 Å². The lowest BCUT2D eigenvalue weighted by Crippen LogP contribution is -2.13. The molecule has 0 aromatic heterocycles. The zero-order chi connectivity index (χ0) is 8.48. The van der Waals surface area contributed by atoms with Crippen LogP contribution in [-0.4, -0.2) is 15.8 Å². The second-order valence-electron chi connectivity index (χ2n) is 2.67. The van der Waals surface area contributed by atoms with Gasteiger partial charge in [-0.3, -0.25) is 10.8 Å². The number of nitrogens with one attached hydrogen (secondary N) is 2. The summed E-state index contributed by atoms with van der Waals surface area (Å²) in [6, 6.07) is 0. The number of thioether (sulfide) groups is 1. The van der Waals surface area contributed by atoms with E-state index in [2.05, 4.69) is 0 Å². The minimum absolute atomic E-state index is 0.0179. The number of alkyl halides is 1. The topological polar surface area (TPSA) is 47.7 Å². The van der Waals surface area contributed by atoms with Gasteiger partial charge in [0.25, 0.3) is 0 Å². The van der Waals surface area contributed by atoms with Crippen LogP contribution < -0.4 is 0 Å². The molecule has 2 N–H and O–H groups in total. The molecular weight excluding hydrogens is 163 g/mol. The van der Waals surface area contributed by atoms with Crippen LogP contribution in [-0.2, 0) is 0 Å². The molecule has 0 radical (unpaired) electrons. The van der Waals surface area contributed by atoms with Crippen LogP contribution in [0.5, 0.6) is 0 Å². The van der Waals surface area contributed by atoms with E-state index in [4.69, 9.17) is 10.8 Å². The Morgan fingerprint density at radius 3 is 2.45 bits per heavy atom. The third-order valence-corrected chi connectivity index (χ3v) is 2.75. The van der Waals surface area contributed by atoms with Crippen molar-refractivity contribution in [2.75, 3.05) is 0 Å². The van der Waals surface area contributed by atoms with E-state index in [1.165, 1.54) is 0 Å². The first-order valence-electron chi connectivity index (χ1n) is 3.61. The van der Waals surface area contributed by atoms with Crippen LogP contribution in [0.15, 0.2) is 0 Å². The molecule has 11 heavy (non-hydrogen) atoms. The Kier molecular flexibility index (Phi) is 2.32. The van der Waals surface area contributed by atoms with E-state index in [0.717, 1.165) is 11.8 Å². The van der Waals surface area contributed by atoms with Gasteiger partial charge >= 0.3 is 0 Å². The smallest absolute Gasteiger partial charge is 0.158 e. The molecule has 0 amide bonds. The van der Waals surface area contributed by atoms with Gasteiger partial charge in [-0.15, -0.1) is 0 Å². The van der Waals surface area contributed by atoms with Gasteiger partial charge in [0.2, 0.25) is 0 Å². The Balaban J connectivity index is 2.38. The Labute approximate surface area is 69.6 Å². The van der Waals surface area contributed by atoms with Crippen molar-refractivity contribution in [3.63, 3.8) is 0 Å². The zero-order valence-electron chi connectivity index (χ0n) is 6.41. The maximum absolute atomic E-state index is 13.0. The van der Waals surface area contributed by atoms with E-state index in [1.807, 2.05) is 6.92 Å². The van der Waals surface area contributed by atoms with E-state index >= 15 is 0 Å². The molecule has 0 aliphatic heterocycles. The zero-order valence-corrected chi connectivity index (χ0v) is 7.22. The SMILES string of the molecule is CCC(=N)SC(=N)C1(F)CC1. The minimum Gasteiger partial charge on any atom is -0.298 e. The quantitative estimate of drug-likeness (QED) is 0.490. The summed E-state index contributed by atoms with van der Waals surface area (Å²) in [6.45, 7) is 1.83. The Bertz CT molecular complexity index is 199.